The molecule has 2 heterocycles. The van der Waals surface area contributed by atoms with Gasteiger partial charge in [0.2, 0.25) is 5.91 Å². The Morgan fingerprint density at radius 2 is 2.18 bits per heavy atom. The van der Waals surface area contributed by atoms with E-state index >= 15 is 0 Å². The highest BCUT2D eigenvalue weighted by Crippen LogP contribution is 2.01. The number of rotatable bonds is 7. The molecule has 1 N–H and O–H groups in total. The molecule has 1 aliphatic rings. The first kappa shape index (κ1) is 17.0. The Morgan fingerprint density at radius 3 is 3.00 bits per heavy atom. The zero-order valence-electron chi connectivity index (χ0n) is 13.9. The Morgan fingerprint density at radius 1 is 1.32 bits per heavy atom. The molecule has 0 spiro atoms. The topological polar surface area (TPSA) is 53.4 Å². The summed E-state index contributed by atoms with van der Waals surface area (Å²) in [5, 5.41) is 3.03. The van der Waals surface area contributed by atoms with Gasteiger partial charge in [0.15, 0.2) is 0 Å². The van der Waals surface area contributed by atoms with Crippen molar-refractivity contribution < 1.29 is 4.79 Å². The molecule has 2 rings (SSSR count). The molecule has 0 aromatic carbocycles. The van der Waals surface area contributed by atoms with Crippen LogP contribution in [0.1, 0.15) is 25.6 Å². The van der Waals surface area contributed by atoms with E-state index in [1.807, 2.05) is 12.4 Å². The third-order valence-electron chi connectivity index (χ3n) is 4.20. The summed E-state index contributed by atoms with van der Waals surface area (Å²) in [7, 11) is 2.14. The summed E-state index contributed by atoms with van der Waals surface area (Å²) in [6, 6.07) is 0. The van der Waals surface area contributed by atoms with E-state index in [0.717, 1.165) is 64.4 Å². The van der Waals surface area contributed by atoms with Gasteiger partial charge in [-0.15, -0.1) is 0 Å². The molecule has 1 saturated heterocycles. The molecule has 1 aromatic rings. The second-order valence-corrected chi connectivity index (χ2v) is 6.03. The predicted molar refractivity (Wildman–Crippen MR) is 87.8 cm³/mol. The molecule has 0 radical (unpaired) electrons. The van der Waals surface area contributed by atoms with E-state index in [1.54, 1.807) is 0 Å². The number of carbonyl (C=O) groups excluding carboxylic acids is 1. The monoisotopic (exact) mass is 307 g/mol. The number of aromatic nitrogens is 2. The summed E-state index contributed by atoms with van der Waals surface area (Å²) in [6.45, 7) is 8.46. The maximum absolute atomic E-state index is 12.0. The Labute approximate surface area is 133 Å². The van der Waals surface area contributed by atoms with Gasteiger partial charge in [-0.25, -0.2) is 4.98 Å². The van der Waals surface area contributed by atoms with Gasteiger partial charge in [-0.3, -0.25) is 9.69 Å². The minimum atomic E-state index is 0.144. The summed E-state index contributed by atoms with van der Waals surface area (Å²) in [6.07, 6.45) is 6.88. The van der Waals surface area contributed by atoms with Crippen LogP contribution in [-0.4, -0.2) is 71.6 Å². The van der Waals surface area contributed by atoms with Gasteiger partial charge in [-0.05, 0) is 33.0 Å². The van der Waals surface area contributed by atoms with Crippen molar-refractivity contribution in [1.29, 1.82) is 0 Å². The third-order valence-corrected chi connectivity index (χ3v) is 4.20. The van der Waals surface area contributed by atoms with Crippen LogP contribution in [0.25, 0.3) is 0 Å². The summed E-state index contributed by atoms with van der Waals surface area (Å²) in [5.74, 6) is 1.26. The highest BCUT2D eigenvalue weighted by atomic mass is 16.2. The fourth-order valence-corrected chi connectivity index (χ4v) is 2.85. The van der Waals surface area contributed by atoms with E-state index in [9.17, 15) is 4.79 Å². The first-order chi connectivity index (χ1) is 10.7. The fraction of sp³-hybridized carbons (Fsp3) is 0.750. The zero-order chi connectivity index (χ0) is 15.8. The number of likely N-dealkylation sites (N-methyl/N-ethyl adjacent to an activating group) is 1. The average molecular weight is 307 g/mol. The first-order valence-electron chi connectivity index (χ1n) is 8.36. The van der Waals surface area contributed by atoms with Crippen LogP contribution in [0.4, 0.5) is 0 Å². The van der Waals surface area contributed by atoms with Gasteiger partial charge in [0.05, 0.1) is 6.54 Å². The van der Waals surface area contributed by atoms with Gasteiger partial charge in [0.25, 0.3) is 0 Å². The predicted octanol–water partition coefficient (Wildman–Crippen LogP) is 0.589. The van der Waals surface area contributed by atoms with Gasteiger partial charge in [-0.2, -0.15) is 0 Å². The first-order valence-corrected chi connectivity index (χ1v) is 8.36. The van der Waals surface area contributed by atoms with Crippen LogP contribution in [0.15, 0.2) is 12.4 Å². The number of nitrogens with one attached hydrogen (secondary N) is 1. The van der Waals surface area contributed by atoms with Crippen LogP contribution in [0.5, 0.6) is 0 Å². The summed E-state index contributed by atoms with van der Waals surface area (Å²) >= 11 is 0. The van der Waals surface area contributed by atoms with Crippen molar-refractivity contribution in [1.82, 2.24) is 24.7 Å². The van der Waals surface area contributed by atoms with Gasteiger partial charge < -0.3 is 14.8 Å². The molecule has 0 aliphatic carbocycles. The lowest BCUT2D eigenvalue weighted by molar-refractivity contribution is -0.122. The lowest BCUT2D eigenvalue weighted by atomic mass is 10.3. The molecule has 0 saturated carbocycles. The quantitative estimate of drug-likeness (QED) is 0.749. The molecular formula is C16H29N5O. The Bertz CT molecular complexity index is 459. The average Bonchev–Trinajstić information content (AvgIpc) is 2.87. The van der Waals surface area contributed by atoms with Gasteiger partial charge in [-0.1, -0.05) is 6.92 Å². The van der Waals surface area contributed by atoms with Gasteiger partial charge in [0.1, 0.15) is 5.82 Å². The number of hydrogen-bond acceptors (Lipinski definition) is 4. The summed E-state index contributed by atoms with van der Waals surface area (Å²) in [5.41, 5.74) is 0. The molecule has 0 unspecified atom stereocenters. The van der Waals surface area contributed by atoms with Crippen molar-refractivity contribution in [2.24, 2.45) is 0 Å². The van der Waals surface area contributed by atoms with E-state index in [4.69, 9.17) is 0 Å². The van der Waals surface area contributed by atoms with E-state index in [-0.39, 0.29) is 5.91 Å². The fourth-order valence-electron chi connectivity index (χ4n) is 2.85. The van der Waals surface area contributed by atoms with E-state index in [1.165, 1.54) is 0 Å². The van der Waals surface area contributed by atoms with Crippen molar-refractivity contribution in [2.75, 3.05) is 46.3 Å². The number of nitrogens with zero attached hydrogens (tertiary/aromatic N) is 4. The standard InChI is InChI=1S/C16H29N5O/c1-3-15-17-7-11-21(15)10-4-6-18-16(22)14-20-9-5-8-19(2)12-13-20/h7,11H,3-6,8-10,12-14H2,1-2H3,(H,18,22). The van der Waals surface area contributed by atoms with Crippen LogP contribution in [0, 0.1) is 0 Å². The largest absolute Gasteiger partial charge is 0.355 e. The van der Waals surface area contributed by atoms with Crippen LogP contribution in [-0.2, 0) is 17.8 Å². The molecule has 1 fully saturated rings. The minimum Gasteiger partial charge on any atom is -0.355 e. The molecule has 1 aliphatic heterocycles. The zero-order valence-corrected chi connectivity index (χ0v) is 13.9. The lowest BCUT2D eigenvalue weighted by Crippen LogP contribution is -2.39. The molecule has 22 heavy (non-hydrogen) atoms. The second kappa shape index (κ2) is 8.90. The lowest BCUT2D eigenvalue weighted by Gasteiger charge is -2.19. The molecule has 6 nitrogen and oxygen atoms in total. The molecule has 1 amide bonds. The summed E-state index contributed by atoms with van der Waals surface area (Å²) in [4.78, 5) is 20.9. The van der Waals surface area contributed by atoms with Gasteiger partial charge >= 0.3 is 0 Å². The highest BCUT2D eigenvalue weighted by molar-refractivity contribution is 5.77. The van der Waals surface area contributed by atoms with Crippen molar-refractivity contribution in [2.45, 2.75) is 32.7 Å². The molecular weight excluding hydrogens is 278 g/mol. The molecule has 0 atom stereocenters. The van der Waals surface area contributed by atoms with Gasteiger partial charge in [0, 0.05) is 45.0 Å². The van der Waals surface area contributed by atoms with Crippen molar-refractivity contribution in [3.05, 3.63) is 18.2 Å². The Balaban J connectivity index is 1.61. The Hall–Kier alpha value is -1.40. The third kappa shape index (κ3) is 5.42. The van der Waals surface area contributed by atoms with Crippen molar-refractivity contribution in [3.63, 3.8) is 0 Å². The molecule has 0 bridgehead atoms. The van der Waals surface area contributed by atoms with Crippen molar-refractivity contribution >= 4 is 5.91 Å². The smallest absolute Gasteiger partial charge is 0.234 e. The van der Waals surface area contributed by atoms with E-state index < -0.39 is 0 Å². The number of hydrogen-bond donors (Lipinski definition) is 1. The number of carbonyl (C=O) groups is 1. The van der Waals surface area contributed by atoms with Crippen molar-refractivity contribution in [3.8, 4) is 0 Å². The van der Waals surface area contributed by atoms with Crippen LogP contribution in [0.3, 0.4) is 0 Å². The molecule has 1 aromatic heterocycles. The van der Waals surface area contributed by atoms with Crippen LogP contribution in [0.2, 0.25) is 0 Å². The summed E-state index contributed by atoms with van der Waals surface area (Å²) < 4.78 is 2.16. The number of amides is 1. The van der Waals surface area contributed by atoms with E-state index in [0.29, 0.717) is 6.54 Å². The SMILES string of the molecule is CCc1nccn1CCCNC(=O)CN1CCCN(C)CC1. The second-order valence-electron chi connectivity index (χ2n) is 6.03. The van der Waals surface area contributed by atoms with E-state index in [2.05, 4.69) is 38.6 Å². The van der Waals surface area contributed by atoms with Crippen LogP contribution >= 0.6 is 0 Å². The maximum atomic E-state index is 12.0. The minimum absolute atomic E-state index is 0.144. The number of aryl methyl sites for hydroxylation is 2. The number of imidazole rings is 1. The highest BCUT2D eigenvalue weighted by Gasteiger charge is 2.14. The molecule has 124 valence electrons. The Kier molecular flexibility index (Phi) is 6.86. The van der Waals surface area contributed by atoms with Crippen LogP contribution < -0.4 is 5.32 Å². The normalized spacial score (nSPS) is 17.4. The maximum Gasteiger partial charge on any atom is 0.234 e. The molecule has 6 heteroatoms.